The number of aromatic nitrogens is 1. The van der Waals surface area contributed by atoms with Crippen molar-refractivity contribution < 1.29 is 14.3 Å². The van der Waals surface area contributed by atoms with Crippen molar-refractivity contribution in [2.75, 3.05) is 53.2 Å². The van der Waals surface area contributed by atoms with Gasteiger partial charge in [0.1, 0.15) is 12.4 Å². The minimum Gasteiger partial charge on any atom is -0.490 e. The summed E-state index contributed by atoms with van der Waals surface area (Å²) < 4.78 is 13.8. The minimum atomic E-state index is -2.56. The lowest BCUT2D eigenvalue weighted by Gasteiger charge is -2.58. The number of H-pyrrole nitrogens is 1. The molecule has 1 aliphatic carbocycles. The molecule has 0 radical (unpaired) electrons. The molecule has 1 aliphatic rings. The maximum atomic E-state index is 14.0. The number of nitrogens with one attached hydrogen (secondary N) is 1. The van der Waals surface area contributed by atoms with E-state index in [1.165, 1.54) is 0 Å². The van der Waals surface area contributed by atoms with E-state index >= 15 is 0 Å². The summed E-state index contributed by atoms with van der Waals surface area (Å²) in [5.74, 6) is 0.817. The lowest BCUT2D eigenvalue weighted by Crippen LogP contribution is -2.34. The second kappa shape index (κ2) is 7.88. The number of thiol groups is 1. The zero-order valence-electron chi connectivity index (χ0n) is 21.4. The van der Waals surface area contributed by atoms with Gasteiger partial charge in [0, 0.05) is 39.6 Å². The van der Waals surface area contributed by atoms with E-state index in [1.807, 2.05) is 12.1 Å². The first-order valence-electron chi connectivity index (χ1n) is 11.4. The molecule has 0 aliphatic heterocycles. The number of fused-ring (bicyclic) bond motifs is 4. The fourth-order valence-corrected chi connectivity index (χ4v) is 6.58. The van der Waals surface area contributed by atoms with Crippen molar-refractivity contribution in [2.24, 2.45) is 0 Å². The summed E-state index contributed by atoms with van der Waals surface area (Å²) in [4.78, 5) is 18.5. The number of hydrogen-bond acceptors (Lipinski definition) is 5. The average molecular weight is 482 g/mol. The Morgan fingerprint density at radius 2 is 1.82 bits per heavy atom. The number of benzene rings is 2. The van der Waals surface area contributed by atoms with Crippen LogP contribution in [0.1, 0.15) is 46.6 Å². The molecule has 0 saturated heterocycles. The molecule has 7 heteroatoms. The Balaban J connectivity index is 2.00. The van der Waals surface area contributed by atoms with Crippen molar-refractivity contribution in [1.29, 1.82) is 5.26 Å². The van der Waals surface area contributed by atoms with Crippen molar-refractivity contribution in [3.05, 3.63) is 58.3 Å². The van der Waals surface area contributed by atoms with Crippen LogP contribution in [-0.4, -0.2) is 68.3 Å². The smallest absolute Gasteiger partial charge is 0.195 e. The molecule has 0 unspecified atom stereocenters. The van der Waals surface area contributed by atoms with Gasteiger partial charge < -0.3 is 14.5 Å². The van der Waals surface area contributed by atoms with Crippen molar-refractivity contribution in [1.82, 2.24) is 9.29 Å². The number of ether oxygens (including phenoxy) is 2. The van der Waals surface area contributed by atoms with E-state index in [0.717, 1.165) is 38.4 Å². The zero-order valence-corrected chi connectivity index (χ0v) is 22.3. The summed E-state index contributed by atoms with van der Waals surface area (Å²) >= 11 is 0. The fraction of sp³-hybridized carbons (Fsp3) is 0.407. The largest absolute Gasteiger partial charge is 0.490 e. The van der Waals surface area contributed by atoms with Gasteiger partial charge in [-0.05, 0) is 62.7 Å². The number of aromatic amines is 1. The molecule has 0 amide bonds. The van der Waals surface area contributed by atoms with Gasteiger partial charge in [0.25, 0.3) is 0 Å². The van der Waals surface area contributed by atoms with Crippen LogP contribution in [0, 0.1) is 11.3 Å². The molecular weight excluding hydrogens is 446 g/mol. The summed E-state index contributed by atoms with van der Waals surface area (Å²) in [5.41, 5.74) is 4.16. The van der Waals surface area contributed by atoms with Crippen LogP contribution in [0.5, 0.6) is 5.75 Å². The first kappa shape index (κ1) is 24.3. The van der Waals surface area contributed by atoms with Gasteiger partial charge >= 0.3 is 0 Å². The molecule has 4 rings (SSSR count). The Bertz CT molecular complexity index is 1350. The number of nitrogens with zero attached hydrogens (tertiary/aromatic N) is 2. The number of ketones is 1. The highest BCUT2D eigenvalue weighted by molar-refractivity contribution is 8.46. The average Bonchev–Trinajstić information content (AvgIpc) is 3.17. The van der Waals surface area contributed by atoms with Crippen LogP contribution >= 0.6 is 9.35 Å². The summed E-state index contributed by atoms with van der Waals surface area (Å²) in [7, 11) is 3.28. The Morgan fingerprint density at radius 3 is 2.44 bits per heavy atom. The van der Waals surface area contributed by atoms with E-state index in [9.17, 15) is 10.1 Å². The second-order valence-corrected chi connectivity index (χ2v) is 17.7. The number of carbonyl (C=O) groups excluding carboxylic acids is 1. The van der Waals surface area contributed by atoms with E-state index in [-0.39, 0.29) is 5.78 Å². The first-order chi connectivity index (χ1) is 15.8. The van der Waals surface area contributed by atoms with E-state index in [1.54, 1.807) is 13.2 Å². The molecule has 6 nitrogen and oxygen atoms in total. The van der Waals surface area contributed by atoms with Crippen molar-refractivity contribution in [3.8, 4) is 11.8 Å². The van der Waals surface area contributed by atoms with Gasteiger partial charge in [-0.1, -0.05) is 19.9 Å². The molecular formula is C27H35N3O3S. The lowest BCUT2D eigenvalue weighted by atomic mass is 9.71. The molecule has 0 spiro atoms. The summed E-state index contributed by atoms with van der Waals surface area (Å²) in [6, 6.07) is 11.8. The summed E-state index contributed by atoms with van der Waals surface area (Å²) in [6.45, 7) is 5.18. The quantitative estimate of drug-likeness (QED) is 0.393. The van der Waals surface area contributed by atoms with Crippen LogP contribution in [0.25, 0.3) is 10.9 Å². The first-order valence-corrected chi connectivity index (χ1v) is 15.0. The van der Waals surface area contributed by atoms with Gasteiger partial charge in [0.05, 0.1) is 23.8 Å². The van der Waals surface area contributed by atoms with Gasteiger partial charge in [-0.15, -0.1) is 0 Å². The molecule has 1 N–H and O–H groups in total. The maximum absolute atomic E-state index is 14.0. The molecule has 2 aromatic carbocycles. The Hall–Kier alpha value is -2.79. The van der Waals surface area contributed by atoms with Crippen molar-refractivity contribution in [2.45, 2.75) is 24.2 Å². The van der Waals surface area contributed by atoms with E-state index in [0.29, 0.717) is 24.3 Å². The van der Waals surface area contributed by atoms with Crippen LogP contribution in [0.4, 0.5) is 0 Å². The molecule has 1 aromatic heterocycles. The Labute approximate surface area is 202 Å². The van der Waals surface area contributed by atoms with Crippen LogP contribution in [0.15, 0.2) is 35.2 Å². The highest BCUT2D eigenvalue weighted by Crippen LogP contribution is 2.71. The van der Waals surface area contributed by atoms with Gasteiger partial charge in [0.15, 0.2) is 5.78 Å². The third-order valence-corrected chi connectivity index (χ3v) is 12.4. The van der Waals surface area contributed by atoms with E-state index < -0.39 is 14.8 Å². The Morgan fingerprint density at radius 1 is 1.12 bits per heavy atom. The second-order valence-electron chi connectivity index (χ2n) is 11.0. The number of nitriles is 1. The van der Waals surface area contributed by atoms with E-state index in [2.05, 4.69) is 74.2 Å². The van der Waals surface area contributed by atoms with Crippen LogP contribution < -0.4 is 4.74 Å². The molecule has 0 saturated carbocycles. The van der Waals surface area contributed by atoms with Crippen molar-refractivity contribution >= 4 is 26.0 Å². The molecule has 0 bridgehead atoms. The number of hydrogen-bond donors (Lipinski definition) is 2. The number of methoxy groups -OCH3 is 1. The molecule has 0 fully saturated rings. The summed E-state index contributed by atoms with van der Waals surface area (Å²) in [6.07, 6.45) is 6.82. The fourth-order valence-electron chi connectivity index (χ4n) is 4.68. The highest BCUT2D eigenvalue weighted by atomic mass is 32.3. The molecule has 182 valence electrons. The number of rotatable bonds is 6. The zero-order chi connectivity index (χ0) is 25.1. The van der Waals surface area contributed by atoms with Crippen LogP contribution in [-0.2, 0) is 10.2 Å². The topological polar surface area (TPSA) is 78.3 Å². The molecule has 1 heterocycles. The van der Waals surface area contributed by atoms with Crippen molar-refractivity contribution in [3.63, 3.8) is 0 Å². The minimum absolute atomic E-state index is 0.00990. The predicted octanol–water partition coefficient (Wildman–Crippen LogP) is 4.73. The monoisotopic (exact) mass is 481 g/mol. The highest BCUT2D eigenvalue weighted by Gasteiger charge is 2.42. The van der Waals surface area contributed by atoms with E-state index in [4.69, 9.17) is 9.47 Å². The standard InChI is InChI=1S/C27H35N3O3S/c1-27(2)20-15-22(33-12-11-32-5)23(34(6,7,8)30(3)4)14-19(20)25(31)24-18-10-9-17(16-28)13-21(18)29-26(24)27/h9-10,13-15,29,34H,11-12H2,1-8H3. The summed E-state index contributed by atoms with van der Waals surface area (Å²) in [5, 5.41) is 10.2. The normalized spacial score (nSPS) is 16.0. The van der Waals surface area contributed by atoms with Crippen LogP contribution in [0.2, 0.25) is 0 Å². The maximum Gasteiger partial charge on any atom is 0.195 e. The van der Waals surface area contributed by atoms with Crippen LogP contribution in [0.3, 0.4) is 0 Å². The lowest BCUT2D eigenvalue weighted by molar-refractivity contribution is 0.103. The Kier molecular flexibility index (Phi) is 5.64. The van der Waals surface area contributed by atoms with Gasteiger partial charge in [0.2, 0.25) is 0 Å². The molecule has 34 heavy (non-hydrogen) atoms. The number of carbonyl (C=O) groups is 1. The molecule has 0 atom stereocenters. The third-order valence-electron chi connectivity index (χ3n) is 7.57. The molecule has 3 aromatic rings. The third kappa shape index (κ3) is 3.52. The predicted molar refractivity (Wildman–Crippen MR) is 141 cm³/mol. The van der Waals surface area contributed by atoms with Gasteiger partial charge in [-0.3, -0.25) is 9.10 Å². The SMILES string of the molecule is COCCOc1cc2c(cc1[SH](C)(C)(C)N(C)C)C(=O)c1c([nH]c3cc(C#N)ccc13)C2(C)C. The van der Waals surface area contributed by atoms with Gasteiger partial charge in [-0.25, -0.2) is 9.35 Å². The van der Waals surface area contributed by atoms with Gasteiger partial charge in [-0.2, -0.15) is 5.26 Å².